The first-order valence-corrected chi connectivity index (χ1v) is 7.93. The van der Waals surface area contributed by atoms with Crippen LogP contribution in [0.25, 0.3) is 0 Å². The van der Waals surface area contributed by atoms with E-state index in [1.54, 1.807) is 6.20 Å². The van der Waals surface area contributed by atoms with Crippen LogP contribution in [0.5, 0.6) is 0 Å². The third kappa shape index (κ3) is 7.27. The van der Waals surface area contributed by atoms with E-state index in [9.17, 15) is 4.79 Å². The lowest BCUT2D eigenvalue weighted by atomic mass is 10.1. The molecule has 0 aliphatic rings. The molecule has 0 bridgehead atoms. The molecule has 2 N–H and O–H groups in total. The maximum Gasteiger partial charge on any atom is 0.226 e. The lowest BCUT2D eigenvalue weighted by Gasteiger charge is -2.01. The second kappa shape index (κ2) is 10.4. The zero-order chi connectivity index (χ0) is 14.6. The Kier molecular flexibility index (Phi) is 8.68. The number of carbonyl (C=O) groups excluding carboxylic acids is 1. The summed E-state index contributed by atoms with van der Waals surface area (Å²) in [6.45, 7) is 2.03. The van der Waals surface area contributed by atoms with Crippen molar-refractivity contribution in [3.63, 3.8) is 0 Å². The van der Waals surface area contributed by atoms with Crippen molar-refractivity contribution in [2.45, 2.75) is 51.9 Å². The second-order valence-corrected chi connectivity index (χ2v) is 5.59. The van der Waals surface area contributed by atoms with E-state index in [4.69, 9.17) is 5.11 Å². The van der Waals surface area contributed by atoms with Gasteiger partial charge in [-0.25, -0.2) is 4.98 Å². The molecular formula is C15H22N2O2S. The molecule has 1 rings (SSSR count). The van der Waals surface area contributed by atoms with Crippen LogP contribution in [0, 0.1) is 11.8 Å². The summed E-state index contributed by atoms with van der Waals surface area (Å²) in [5.41, 5.74) is 0. The van der Waals surface area contributed by atoms with Crippen molar-refractivity contribution < 1.29 is 9.90 Å². The van der Waals surface area contributed by atoms with Gasteiger partial charge in [0.25, 0.3) is 0 Å². The van der Waals surface area contributed by atoms with Gasteiger partial charge in [0, 0.05) is 6.42 Å². The molecule has 0 unspecified atom stereocenters. The Morgan fingerprint density at radius 2 is 2.10 bits per heavy atom. The molecule has 0 aromatic carbocycles. The van der Waals surface area contributed by atoms with Crippen LogP contribution < -0.4 is 5.32 Å². The Morgan fingerprint density at radius 3 is 2.85 bits per heavy atom. The van der Waals surface area contributed by atoms with E-state index in [-0.39, 0.29) is 12.5 Å². The molecular weight excluding hydrogens is 272 g/mol. The third-order valence-electron chi connectivity index (χ3n) is 2.80. The van der Waals surface area contributed by atoms with E-state index in [1.165, 1.54) is 37.0 Å². The Hall–Kier alpha value is -1.38. The molecule has 0 atom stereocenters. The third-order valence-corrected chi connectivity index (χ3v) is 3.63. The quantitative estimate of drug-likeness (QED) is 0.572. The molecule has 0 fully saturated rings. The van der Waals surface area contributed by atoms with E-state index >= 15 is 0 Å². The number of hydrogen-bond acceptors (Lipinski definition) is 4. The van der Waals surface area contributed by atoms with Crippen molar-refractivity contribution in [3.05, 3.63) is 11.1 Å². The molecule has 1 heterocycles. The standard InChI is InChI=1S/C15H22N2O2S/c1-2-3-4-5-6-7-10-14(19)17-15-16-12-13(20-15)9-8-11-18/h12,18H,2-7,10-11H2,1H3,(H,16,17,19). The molecule has 0 radical (unpaired) electrons. The zero-order valence-electron chi connectivity index (χ0n) is 11.9. The van der Waals surface area contributed by atoms with Gasteiger partial charge < -0.3 is 10.4 Å². The lowest BCUT2D eigenvalue weighted by molar-refractivity contribution is -0.116. The van der Waals surface area contributed by atoms with Crippen molar-refractivity contribution in [2.24, 2.45) is 0 Å². The fourth-order valence-corrected chi connectivity index (χ4v) is 2.47. The largest absolute Gasteiger partial charge is 0.384 e. The number of carbonyl (C=O) groups is 1. The van der Waals surface area contributed by atoms with Crippen molar-refractivity contribution in [1.29, 1.82) is 0 Å². The highest BCUT2D eigenvalue weighted by Crippen LogP contribution is 2.17. The SMILES string of the molecule is CCCCCCCCC(=O)Nc1ncc(C#CCO)s1. The van der Waals surface area contributed by atoms with E-state index in [0.717, 1.165) is 17.7 Å². The van der Waals surface area contributed by atoms with Crippen LogP contribution in [0.3, 0.4) is 0 Å². The van der Waals surface area contributed by atoms with Gasteiger partial charge in [-0.1, -0.05) is 62.2 Å². The monoisotopic (exact) mass is 294 g/mol. The van der Waals surface area contributed by atoms with Crippen LogP contribution in [0.2, 0.25) is 0 Å². The molecule has 110 valence electrons. The molecule has 20 heavy (non-hydrogen) atoms. The molecule has 5 heteroatoms. The highest BCUT2D eigenvalue weighted by atomic mass is 32.1. The number of thiazole rings is 1. The maximum absolute atomic E-state index is 11.7. The van der Waals surface area contributed by atoms with Gasteiger partial charge >= 0.3 is 0 Å². The van der Waals surface area contributed by atoms with Gasteiger partial charge in [-0.15, -0.1) is 0 Å². The lowest BCUT2D eigenvalue weighted by Crippen LogP contribution is -2.10. The van der Waals surface area contributed by atoms with Gasteiger partial charge in [0.05, 0.1) is 11.1 Å². The maximum atomic E-state index is 11.7. The summed E-state index contributed by atoms with van der Waals surface area (Å²) in [6.07, 6.45) is 9.18. The number of hydrogen-bond donors (Lipinski definition) is 2. The van der Waals surface area contributed by atoms with Crippen molar-refractivity contribution >= 4 is 22.4 Å². The Bertz CT molecular complexity index is 460. The fourth-order valence-electron chi connectivity index (χ4n) is 1.76. The van der Waals surface area contributed by atoms with Crippen molar-refractivity contribution in [2.75, 3.05) is 11.9 Å². The van der Waals surface area contributed by atoms with Gasteiger partial charge in [0.2, 0.25) is 5.91 Å². The summed E-state index contributed by atoms with van der Waals surface area (Å²) >= 11 is 1.32. The van der Waals surface area contributed by atoms with Gasteiger partial charge in [-0.3, -0.25) is 4.79 Å². The molecule has 1 aromatic heterocycles. The van der Waals surface area contributed by atoms with E-state index in [0.29, 0.717) is 11.6 Å². The number of aliphatic hydroxyl groups excluding tert-OH is 1. The predicted molar refractivity (Wildman–Crippen MR) is 82.7 cm³/mol. The molecule has 0 saturated carbocycles. The fraction of sp³-hybridized carbons (Fsp3) is 0.600. The minimum atomic E-state index is -0.169. The smallest absolute Gasteiger partial charge is 0.226 e. The number of nitrogens with one attached hydrogen (secondary N) is 1. The molecule has 1 aromatic rings. The molecule has 0 spiro atoms. The van der Waals surface area contributed by atoms with Crippen LogP contribution >= 0.6 is 11.3 Å². The molecule has 1 amide bonds. The minimum Gasteiger partial charge on any atom is -0.384 e. The number of rotatable bonds is 8. The molecule has 0 aliphatic carbocycles. The van der Waals surface area contributed by atoms with Crippen LogP contribution in [-0.2, 0) is 4.79 Å². The highest BCUT2D eigenvalue weighted by Gasteiger charge is 2.05. The highest BCUT2D eigenvalue weighted by molar-refractivity contribution is 7.16. The molecule has 0 aliphatic heterocycles. The molecule has 4 nitrogen and oxygen atoms in total. The second-order valence-electron chi connectivity index (χ2n) is 4.56. The van der Waals surface area contributed by atoms with E-state index in [2.05, 4.69) is 29.1 Å². The number of aliphatic hydroxyl groups is 1. The number of nitrogens with zero attached hydrogens (tertiary/aromatic N) is 1. The first kappa shape index (κ1) is 16.7. The zero-order valence-corrected chi connectivity index (χ0v) is 12.8. The topological polar surface area (TPSA) is 62.2 Å². The van der Waals surface area contributed by atoms with Gasteiger partial charge in [0.15, 0.2) is 5.13 Å². The minimum absolute atomic E-state index is 0.0107. The summed E-state index contributed by atoms with van der Waals surface area (Å²) in [5.74, 6) is 5.33. The van der Waals surface area contributed by atoms with Crippen LogP contribution in [-0.4, -0.2) is 22.6 Å². The average molecular weight is 294 g/mol. The normalized spacial score (nSPS) is 9.90. The van der Waals surface area contributed by atoms with Crippen molar-refractivity contribution in [3.8, 4) is 11.8 Å². The number of anilines is 1. The van der Waals surface area contributed by atoms with Crippen LogP contribution in [0.1, 0.15) is 56.7 Å². The first-order chi connectivity index (χ1) is 9.76. The van der Waals surface area contributed by atoms with Gasteiger partial charge in [0.1, 0.15) is 6.61 Å². The Morgan fingerprint density at radius 1 is 1.35 bits per heavy atom. The predicted octanol–water partition coefficient (Wildman–Crippen LogP) is 3.18. The number of unbranched alkanes of at least 4 members (excludes halogenated alkanes) is 5. The Balaban J connectivity index is 2.20. The number of aromatic nitrogens is 1. The van der Waals surface area contributed by atoms with Crippen molar-refractivity contribution in [1.82, 2.24) is 4.98 Å². The molecule has 0 saturated heterocycles. The number of amides is 1. The van der Waals surface area contributed by atoms with Crippen LogP contribution in [0.4, 0.5) is 5.13 Å². The van der Waals surface area contributed by atoms with E-state index in [1.807, 2.05) is 0 Å². The summed E-state index contributed by atoms with van der Waals surface area (Å²) < 4.78 is 0. The Labute approximate surface area is 124 Å². The van der Waals surface area contributed by atoms with Gasteiger partial charge in [-0.2, -0.15) is 0 Å². The average Bonchev–Trinajstić information content (AvgIpc) is 2.88. The van der Waals surface area contributed by atoms with Gasteiger partial charge in [-0.05, 0) is 6.42 Å². The summed E-state index contributed by atoms with van der Waals surface area (Å²) in [6, 6.07) is 0. The van der Waals surface area contributed by atoms with E-state index < -0.39 is 0 Å². The summed E-state index contributed by atoms with van der Waals surface area (Å²) in [7, 11) is 0. The van der Waals surface area contributed by atoms with Crippen LogP contribution in [0.15, 0.2) is 6.20 Å². The summed E-state index contributed by atoms with van der Waals surface area (Å²) in [4.78, 5) is 16.5. The summed E-state index contributed by atoms with van der Waals surface area (Å²) in [5, 5.41) is 11.9. The first-order valence-electron chi connectivity index (χ1n) is 7.11.